The first-order valence-electron chi connectivity index (χ1n) is 7.02. The van der Waals surface area contributed by atoms with Crippen LogP contribution in [0.25, 0.3) is 0 Å². The van der Waals surface area contributed by atoms with E-state index in [9.17, 15) is 13.2 Å². The summed E-state index contributed by atoms with van der Waals surface area (Å²) >= 11 is 0. The van der Waals surface area contributed by atoms with E-state index < -0.39 is 22.0 Å². The Morgan fingerprint density at radius 2 is 2.19 bits per heavy atom. The molecule has 116 valence electrons. The lowest BCUT2D eigenvalue weighted by Gasteiger charge is -2.22. The Bertz CT molecular complexity index is 663. The van der Waals surface area contributed by atoms with Crippen molar-refractivity contribution < 1.29 is 17.9 Å². The van der Waals surface area contributed by atoms with Crippen LogP contribution >= 0.6 is 0 Å². The number of hydrogen-bond donors (Lipinski definition) is 0. The SMILES string of the molecule is COC(=O)C1c2cn(C)nc2CN1S(=O)(=O)CCC1CC1. The fraction of sp³-hybridized carbons (Fsp3) is 0.692. The number of hydrogen-bond acceptors (Lipinski definition) is 5. The maximum absolute atomic E-state index is 12.5. The molecule has 0 spiro atoms. The van der Waals surface area contributed by atoms with Crippen LogP contribution in [0.4, 0.5) is 0 Å². The van der Waals surface area contributed by atoms with Crippen molar-refractivity contribution in [3.05, 3.63) is 17.5 Å². The maximum atomic E-state index is 12.5. The molecule has 1 aromatic heterocycles. The number of methoxy groups -OCH3 is 1. The van der Waals surface area contributed by atoms with Gasteiger partial charge in [0.2, 0.25) is 10.0 Å². The van der Waals surface area contributed by atoms with Crippen LogP contribution in [-0.4, -0.2) is 41.3 Å². The zero-order valence-corrected chi connectivity index (χ0v) is 13.0. The summed E-state index contributed by atoms with van der Waals surface area (Å²) in [7, 11) is -0.468. The second-order valence-corrected chi connectivity index (χ2v) is 7.76. The van der Waals surface area contributed by atoms with E-state index in [0.717, 1.165) is 12.8 Å². The van der Waals surface area contributed by atoms with Crippen LogP contribution in [0.1, 0.15) is 36.6 Å². The minimum atomic E-state index is -3.49. The average molecular weight is 313 g/mol. The van der Waals surface area contributed by atoms with Gasteiger partial charge < -0.3 is 4.74 Å². The van der Waals surface area contributed by atoms with Crippen LogP contribution in [0.5, 0.6) is 0 Å². The van der Waals surface area contributed by atoms with Gasteiger partial charge in [-0.15, -0.1) is 0 Å². The monoisotopic (exact) mass is 313 g/mol. The number of aryl methyl sites for hydroxylation is 1. The van der Waals surface area contributed by atoms with E-state index in [0.29, 0.717) is 23.6 Å². The number of fused-ring (bicyclic) bond motifs is 1. The zero-order valence-electron chi connectivity index (χ0n) is 12.2. The molecule has 3 rings (SSSR count). The van der Waals surface area contributed by atoms with E-state index in [2.05, 4.69) is 5.10 Å². The highest BCUT2D eigenvalue weighted by atomic mass is 32.2. The normalized spacial score (nSPS) is 22.3. The van der Waals surface area contributed by atoms with Crippen LogP contribution in [0.2, 0.25) is 0 Å². The Kier molecular flexibility index (Phi) is 3.53. The van der Waals surface area contributed by atoms with Gasteiger partial charge in [0.15, 0.2) is 6.04 Å². The maximum Gasteiger partial charge on any atom is 0.328 e. The quantitative estimate of drug-likeness (QED) is 0.743. The van der Waals surface area contributed by atoms with Gasteiger partial charge in [-0.2, -0.15) is 9.40 Å². The highest BCUT2D eigenvalue weighted by Gasteiger charge is 2.45. The van der Waals surface area contributed by atoms with E-state index in [1.165, 1.54) is 11.4 Å². The fourth-order valence-electron chi connectivity index (χ4n) is 2.75. The number of esters is 1. The Labute approximate surface area is 123 Å². The summed E-state index contributed by atoms with van der Waals surface area (Å²) in [5, 5.41) is 4.23. The number of rotatable bonds is 5. The predicted octanol–water partition coefficient (Wildman–Crippen LogP) is 0.580. The molecule has 1 fully saturated rings. The largest absolute Gasteiger partial charge is 0.468 e. The molecule has 1 aliphatic heterocycles. The first-order chi connectivity index (χ1) is 9.92. The van der Waals surface area contributed by atoms with Gasteiger partial charge >= 0.3 is 5.97 Å². The third-order valence-corrected chi connectivity index (χ3v) is 5.89. The molecule has 1 saturated carbocycles. The summed E-state index contributed by atoms with van der Waals surface area (Å²) < 4.78 is 32.7. The molecule has 21 heavy (non-hydrogen) atoms. The number of carbonyl (C=O) groups excluding carboxylic acids is 1. The van der Waals surface area contributed by atoms with Gasteiger partial charge in [-0.3, -0.25) is 4.68 Å². The Morgan fingerprint density at radius 1 is 1.48 bits per heavy atom. The molecule has 1 aliphatic carbocycles. The van der Waals surface area contributed by atoms with Crippen molar-refractivity contribution in [3.8, 4) is 0 Å². The third kappa shape index (κ3) is 2.69. The van der Waals surface area contributed by atoms with Crippen molar-refractivity contribution in [1.29, 1.82) is 0 Å². The third-order valence-electron chi connectivity index (χ3n) is 4.09. The van der Waals surface area contributed by atoms with Crippen molar-refractivity contribution in [2.75, 3.05) is 12.9 Å². The van der Waals surface area contributed by atoms with Crippen molar-refractivity contribution in [1.82, 2.24) is 14.1 Å². The van der Waals surface area contributed by atoms with Crippen molar-refractivity contribution in [3.63, 3.8) is 0 Å². The Balaban J connectivity index is 1.87. The molecule has 0 radical (unpaired) electrons. The summed E-state index contributed by atoms with van der Waals surface area (Å²) in [4.78, 5) is 12.0. The second kappa shape index (κ2) is 5.10. The lowest BCUT2D eigenvalue weighted by Crippen LogP contribution is -2.36. The van der Waals surface area contributed by atoms with Crippen LogP contribution in [-0.2, 0) is 33.1 Å². The summed E-state index contributed by atoms with van der Waals surface area (Å²) in [5.74, 6) is 0.0552. The smallest absolute Gasteiger partial charge is 0.328 e. The lowest BCUT2D eigenvalue weighted by molar-refractivity contribution is -0.145. The molecule has 2 heterocycles. The van der Waals surface area contributed by atoms with Gasteiger partial charge in [0.25, 0.3) is 0 Å². The highest BCUT2D eigenvalue weighted by molar-refractivity contribution is 7.89. The Morgan fingerprint density at radius 3 is 2.81 bits per heavy atom. The molecule has 1 atom stereocenters. The van der Waals surface area contributed by atoms with Crippen molar-refractivity contribution in [2.45, 2.75) is 31.8 Å². The second-order valence-electron chi connectivity index (χ2n) is 5.72. The predicted molar refractivity (Wildman–Crippen MR) is 74.6 cm³/mol. The fourth-order valence-corrected chi connectivity index (χ4v) is 4.46. The molecule has 0 aromatic carbocycles. The molecule has 1 aromatic rings. The highest BCUT2D eigenvalue weighted by Crippen LogP contribution is 2.38. The van der Waals surface area contributed by atoms with Crippen LogP contribution in [0, 0.1) is 5.92 Å². The number of sulfonamides is 1. The summed E-state index contributed by atoms with van der Waals surface area (Å²) in [6.07, 6.45) is 4.57. The minimum absolute atomic E-state index is 0.0849. The minimum Gasteiger partial charge on any atom is -0.468 e. The molecule has 0 amide bonds. The van der Waals surface area contributed by atoms with Gasteiger partial charge in [-0.05, 0) is 12.3 Å². The number of ether oxygens (including phenoxy) is 1. The van der Waals surface area contributed by atoms with E-state index in [1.54, 1.807) is 17.9 Å². The molecule has 7 nitrogen and oxygen atoms in total. The summed E-state index contributed by atoms with van der Waals surface area (Å²) in [6, 6.07) is -0.900. The Hall–Kier alpha value is -1.41. The number of carbonyl (C=O) groups is 1. The number of nitrogens with zero attached hydrogens (tertiary/aromatic N) is 3. The molecule has 8 heteroatoms. The zero-order chi connectivity index (χ0) is 15.2. The van der Waals surface area contributed by atoms with E-state index in [4.69, 9.17) is 4.74 Å². The lowest BCUT2D eigenvalue weighted by atomic mass is 10.2. The number of aromatic nitrogens is 2. The van der Waals surface area contributed by atoms with Crippen LogP contribution < -0.4 is 0 Å². The molecular formula is C13H19N3O4S. The van der Waals surface area contributed by atoms with Gasteiger partial charge in [-0.25, -0.2) is 13.2 Å². The van der Waals surface area contributed by atoms with Gasteiger partial charge in [0.05, 0.1) is 25.1 Å². The first-order valence-corrected chi connectivity index (χ1v) is 8.63. The van der Waals surface area contributed by atoms with E-state index in [1.807, 2.05) is 0 Å². The topological polar surface area (TPSA) is 81.5 Å². The standard InChI is InChI=1S/C13H19N3O4S/c1-15-7-10-11(14-15)8-16(12(10)13(17)20-2)21(18,19)6-5-9-3-4-9/h7,9,12H,3-6,8H2,1-2H3. The van der Waals surface area contributed by atoms with Crippen LogP contribution in [0.3, 0.4) is 0 Å². The van der Waals surface area contributed by atoms with Crippen LogP contribution in [0.15, 0.2) is 6.20 Å². The molecule has 0 N–H and O–H groups in total. The van der Waals surface area contributed by atoms with Gasteiger partial charge in [0, 0.05) is 18.8 Å². The molecule has 2 aliphatic rings. The first kappa shape index (κ1) is 14.5. The summed E-state index contributed by atoms with van der Waals surface area (Å²) in [5.41, 5.74) is 1.25. The van der Waals surface area contributed by atoms with Gasteiger partial charge in [-0.1, -0.05) is 12.8 Å². The summed E-state index contributed by atoms with van der Waals surface area (Å²) in [6.45, 7) is 0.142. The van der Waals surface area contributed by atoms with Gasteiger partial charge in [0.1, 0.15) is 0 Å². The van der Waals surface area contributed by atoms with E-state index in [-0.39, 0.29) is 12.3 Å². The molecule has 0 bridgehead atoms. The van der Waals surface area contributed by atoms with Crippen molar-refractivity contribution in [2.24, 2.45) is 13.0 Å². The van der Waals surface area contributed by atoms with E-state index >= 15 is 0 Å². The average Bonchev–Trinajstić information content (AvgIpc) is 3.10. The molecule has 0 saturated heterocycles. The molecule has 1 unspecified atom stereocenters. The van der Waals surface area contributed by atoms with Crippen molar-refractivity contribution >= 4 is 16.0 Å². The molecular weight excluding hydrogens is 294 g/mol.